The van der Waals surface area contributed by atoms with Crippen LogP contribution in [0.5, 0.6) is 0 Å². The molecule has 1 atom stereocenters. The normalized spacial score (nSPS) is 12.8. The third kappa shape index (κ3) is 2.32. The number of hydrogen-bond acceptors (Lipinski definition) is 2. The fourth-order valence-corrected chi connectivity index (χ4v) is 2.82. The van der Waals surface area contributed by atoms with Crippen LogP contribution in [-0.4, -0.2) is 11.1 Å². The Morgan fingerprint density at radius 2 is 2.42 bits per heavy atom. The van der Waals surface area contributed by atoms with Gasteiger partial charge in [0.05, 0.1) is 6.42 Å². The zero-order chi connectivity index (χ0) is 9.14. The summed E-state index contributed by atoms with van der Waals surface area (Å²) in [6, 6.07) is 0. The first-order valence-electron chi connectivity index (χ1n) is 3.54. The molecule has 1 N–H and O–H groups in total. The van der Waals surface area contributed by atoms with Crippen molar-refractivity contribution in [3.8, 4) is 0 Å². The Labute approximate surface area is 83.4 Å². The first kappa shape index (κ1) is 9.74. The minimum Gasteiger partial charge on any atom is -0.481 e. The standard InChI is InChI=1S/C8H9BrO2S/c1-5(2-8(10)11)6-3-12-4-7(6)9/h3-5H,2H2,1H3,(H,10,11). The fourth-order valence-electron chi connectivity index (χ4n) is 1.01. The van der Waals surface area contributed by atoms with Crippen molar-refractivity contribution >= 4 is 33.2 Å². The van der Waals surface area contributed by atoms with Crippen LogP contribution in [0.15, 0.2) is 15.2 Å². The summed E-state index contributed by atoms with van der Waals surface area (Å²) in [6.45, 7) is 1.92. The average Bonchev–Trinajstić information content (AvgIpc) is 2.33. The highest BCUT2D eigenvalue weighted by Gasteiger charge is 2.13. The van der Waals surface area contributed by atoms with Gasteiger partial charge in [-0.1, -0.05) is 6.92 Å². The van der Waals surface area contributed by atoms with Crippen molar-refractivity contribution in [2.24, 2.45) is 0 Å². The molecule has 1 rings (SSSR count). The summed E-state index contributed by atoms with van der Waals surface area (Å²) in [5.41, 5.74) is 1.09. The van der Waals surface area contributed by atoms with Gasteiger partial charge in [0.15, 0.2) is 0 Å². The molecular weight excluding hydrogens is 240 g/mol. The third-order valence-corrected chi connectivity index (χ3v) is 3.41. The van der Waals surface area contributed by atoms with E-state index in [1.807, 2.05) is 17.7 Å². The van der Waals surface area contributed by atoms with E-state index >= 15 is 0 Å². The van der Waals surface area contributed by atoms with Crippen LogP contribution in [0.3, 0.4) is 0 Å². The maximum Gasteiger partial charge on any atom is 0.303 e. The largest absolute Gasteiger partial charge is 0.481 e. The molecule has 0 saturated carbocycles. The van der Waals surface area contributed by atoms with Crippen LogP contribution in [0.25, 0.3) is 0 Å². The van der Waals surface area contributed by atoms with Crippen molar-refractivity contribution in [3.05, 3.63) is 20.8 Å². The molecule has 0 aromatic carbocycles. The molecule has 12 heavy (non-hydrogen) atoms. The van der Waals surface area contributed by atoms with Gasteiger partial charge >= 0.3 is 5.97 Å². The van der Waals surface area contributed by atoms with E-state index < -0.39 is 5.97 Å². The smallest absolute Gasteiger partial charge is 0.303 e. The Morgan fingerprint density at radius 3 is 2.83 bits per heavy atom. The van der Waals surface area contributed by atoms with Crippen molar-refractivity contribution in [2.45, 2.75) is 19.3 Å². The summed E-state index contributed by atoms with van der Waals surface area (Å²) in [6.07, 6.45) is 0.190. The number of hydrogen-bond donors (Lipinski definition) is 1. The van der Waals surface area contributed by atoms with Crippen molar-refractivity contribution in [3.63, 3.8) is 0 Å². The number of carboxylic acid groups (broad SMARTS) is 1. The Hall–Kier alpha value is -0.350. The van der Waals surface area contributed by atoms with E-state index in [2.05, 4.69) is 15.9 Å². The predicted octanol–water partition coefficient (Wildman–Crippen LogP) is 3.09. The van der Waals surface area contributed by atoms with Gasteiger partial charge in [0.1, 0.15) is 0 Å². The molecule has 2 nitrogen and oxygen atoms in total. The molecule has 0 spiro atoms. The van der Waals surface area contributed by atoms with Crippen LogP contribution in [0, 0.1) is 0 Å². The van der Waals surface area contributed by atoms with Gasteiger partial charge < -0.3 is 5.11 Å². The molecule has 1 heterocycles. The summed E-state index contributed by atoms with van der Waals surface area (Å²) in [4.78, 5) is 10.4. The maximum absolute atomic E-state index is 10.4. The number of aliphatic carboxylic acids is 1. The monoisotopic (exact) mass is 248 g/mol. The van der Waals surface area contributed by atoms with Gasteiger partial charge in [0.2, 0.25) is 0 Å². The zero-order valence-electron chi connectivity index (χ0n) is 6.58. The molecule has 66 valence electrons. The number of thiophene rings is 1. The molecule has 4 heteroatoms. The SMILES string of the molecule is CC(CC(=O)O)c1cscc1Br. The third-order valence-electron chi connectivity index (χ3n) is 1.65. The number of carboxylic acids is 1. The zero-order valence-corrected chi connectivity index (χ0v) is 8.98. The average molecular weight is 249 g/mol. The molecule has 0 bridgehead atoms. The molecule has 0 radical (unpaired) electrons. The summed E-state index contributed by atoms with van der Waals surface area (Å²) < 4.78 is 1.02. The second kappa shape index (κ2) is 4.05. The Bertz CT molecular complexity index is 282. The number of carbonyl (C=O) groups is 1. The van der Waals surface area contributed by atoms with Crippen LogP contribution in [0.4, 0.5) is 0 Å². The minimum atomic E-state index is -0.749. The highest BCUT2D eigenvalue weighted by atomic mass is 79.9. The van der Waals surface area contributed by atoms with E-state index in [1.54, 1.807) is 11.3 Å². The Morgan fingerprint density at radius 1 is 1.75 bits per heavy atom. The van der Waals surface area contributed by atoms with Crippen molar-refractivity contribution in [2.75, 3.05) is 0 Å². The Kier molecular flexibility index (Phi) is 3.29. The van der Waals surface area contributed by atoms with E-state index in [9.17, 15) is 4.79 Å². The molecule has 1 aromatic heterocycles. The molecule has 0 fully saturated rings. The van der Waals surface area contributed by atoms with Gasteiger partial charge in [0, 0.05) is 9.85 Å². The molecule has 0 saturated heterocycles. The first-order valence-corrected chi connectivity index (χ1v) is 5.28. The summed E-state index contributed by atoms with van der Waals surface area (Å²) in [5, 5.41) is 12.5. The van der Waals surface area contributed by atoms with E-state index in [0.29, 0.717) is 0 Å². The van der Waals surface area contributed by atoms with E-state index in [1.165, 1.54) is 0 Å². The second-order valence-corrected chi connectivity index (χ2v) is 4.27. The molecule has 0 aliphatic carbocycles. The van der Waals surface area contributed by atoms with Crippen LogP contribution >= 0.6 is 27.3 Å². The topological polar surface area (TPSA) is 37.3 Å². The lowest BCUT2D eigenvalue weighted by atomic mass is 10.0. The van der Waals surface area contributed by atoms with E-state index in [-0.39, 0.29) is 12.3 Å². The lowest BCUT2D eigenvalue weighted by Crippen LogP contribution is -2.02. The summed E-state index contributed by atoms with van der Waals surface area (Å²) >= 11 is 4.96. The molecule has 0 aliphatic rings. The van der Waals surface area contributed by atoms with Gasteiger partial charge in [-0.05, 0) is 32.8 Å². The van der Waals surface area contributed by atoms with Gasteiger partial charge in [0.25, 0.3) is 0 Å². The molecular formula is C8H9BrO2S. The van der Waals surface area contributed by atoms with E-state index in [0.717, 1.165) is 10.0 Å². The highest BCUT2D eigenvalue weighted by Crippen LogP contribution is 2.30. The van der Waals surface area contributed by atoms with Crippen molar-refractivity contribution in [1.29, 1.82) is 0 Å². The summed E-state index contributed by atoms with van der Waals surface area (Å²) in [5.74, 6) is -0.663. The van der Waals surface area contributed by atoms with Crippen molar-refractivity contribution in [1.82, 2.24) is 0 Å². The number of halogens is 1. The predicted molar refractivity (Wildman–Crippen MR) is 52.7 cm³/mol. The van der Waals surface area contributed by atoms with Gasteiger partial charge in [-0.3, -0.25) is 4.79 Å². The van der Waals surface area contributed by atoms with Crippen LogP contribution in [0.2, 0.25) is 0 Å². The minimum absolute atomic E-state index is 0.0862. The Balaban J connectivity index is 2.71. The first-order chi connectivity index (χ1) is 5.61. The summed E-state index contributed by atoms with van der Waals surface area (Å²) in [7, 11) is 0. The highest BCUT2D eigenvalue weighted by molar-refractivity contribution is 9.10. The van der Waals surface area contributed by atoms with Gasteiger partial charge in [-0.2, -0.15) is 11.3 Å². The van der Waals surface area contributed by atoms with Crippen LogP contribution in [0.1, 0.15) is 24.8 Å². The van der Waals surface area contributed by atoms with Gasteiger partial charge in [-0.15, -0.1) is 0 Å². The second-order valence-electron chi connectivity index (χ2n) is 2.67. The van der Waals surface area contributed by atoms with E-state index in [4.69, 9.17) is 5.11 Å². The lowest BCUT2D eigenvalue weighted by Gasteiger charge is -2.06. The van der Waals surface area contributed by atoms with Crippen LogP contribution in [-0.2, 0) is 4.79 Å². The van der Waals surface area contributed by atoms with Gasteiger partial charge in [-0.25, -0.2) is 0 Å². The molecule has 1 aromatic rings. The molecule has 0 amide bonds. The molecule has 1 unspecified atom stereocenters. The quantitative estimate of drug-likeness (QED) is 0.893. The maximum atomic E-state index is 10.4. The fraction of sp³-hybridized carbons (Fsp3) is 0.375. The lowest BCUT2D eigenvalue weighted by molar-refractivity contribution is -0.137. The molecule has 0 aliphatic heterocycles. The van der Waals surface area contributed by atoms with Crippen LogP contribution < -0.4 is 0 Å². The van der Waals surface area contributed by atoms with Crippen molar-refractivity contribution < 1.29 is 9.90 Å². The number of rotatable bonds is 3.